The lowest BCUT2D eigenvalue weighted by atomic mass is 10.1. The molecule has 3 amide bonds. The largest absolute Gasteiger partial charge is 0.353 e. The number of nitrogens with one attached hydrogen (secondary N) is 2. The maximum atomic E-state index is 13.0. The van der Waals surface area contributed by atoms with Crippen molar-refractivity contribution in [2.24, 2.45) is 0 Å². The zero-order valence-corrected chi connectivity index (χ0v) is 23.3. The molecule has 1 aromatic heterocycles. The van der Waals surface area contributed by atoms with Crippen LogP contribution in [0, 0.1) is 10.1 Å². The number of aryl methyl sites for hydroxylation is 1. The first-order valence-electron chi connectivity index (χ1n) is 13.2. The normalized spacial score (nSPS) is 14.1. The van der Waals surface area contributed by atoms with Gasteiger partial charge in [-0.1, -0.05) is 43.3 Å². The number of unbranched alkanes of at least 4 members (excludes halogenated alkanes) is 1. The van der Waals surface area contributed by atoms with Crippen molar-refractivity contribution >= 4 is 63.0 Å². The van der Waals surface area contributed by atoms with Gasteiger partial charge in [-0.05, 0) is 76.7 Å². The second-order valence-corrected chi connectivity index (χ2v) is 10.4. The first-order valence-corrected chi connectivity index (χ1v) is 14.1. The van der Waals surface area contributed by atoms with Crippen LogP contribution in [0.15, 0.2) is 70.2 Å². The van der Waals surface area contributed by atoms with E-state index in [1.165, 1.54) is 22.6 Å². The highest BCUT2D eigenvalue weighted by molar-refractivity contribution is 8.18. The molecule has 4 aromatic rings. The molecule has 3 aromatic carbocycles. The highest BCUT2D eigenvalue weighted by Crippen LogP contribution is 2.33. The van der Waals surface area contributed by atoms with Crippen molar-refractivity contribution in [1.29, 1.82) is 0 Å². The average molecular weight is 587 g/mol. The summed E-state index contributed by atoms with van der Waals surface area (Å²) in [6.07, 6.45) is 3.73. The summed E-state index contributed by atoms with van der Waals surface area (Å²) < 4.78 is 4.70. The van der Waals surface area contributed by atoms with Gasteiger partial charge in [-0.3, -0.25) is 29.4 Å². The molecule has 0 bridgehead atoms. The molecular weight excluding hydrogens is 560 g/mol. The summed E-state index contributed by atoms with van der Waals surface area (Å²) in [5, 5.41) is 24.3. The summed E-state index contributed by atoms with van der Waals surface area (Å²) in [6.45, 7) is 2.66. The fourth-order valence-corrected chi connectivity index (χ4v) is 5.29. The van der Waals surface area contributed by atoms with E-state index in [0.717, 1.165) is 23.7 Å². The first-order chi connectivity index (χ1) is 20.4. The number of hydrogen-bond donors (Lipinski definition) is 2. The number of imide groups is 1. The fourth-order valence-electron chi connectivity index (χ4n) is 4.42. The van der Waals surface area contributed by atoms with Gasteiger partial charge in [0.25, 0.3) is 17.1 Å². The van der Waals surface area contributed by atoms with Gasteiger partial charge in [0, 0.05) is 19.2 Å². The molecule has 0 spiro atoms. The van der Waals surface area contributed by atoms with Crippen molar-refractivity contribution in [2.45, 2.75) is 26.2 Å². The van der Waals surface area contributed by atoms with E-state index in [9.17, 15) is 24.5 Å². The number of hydrogen-bond acceptors (Lipinski definition) is 10. The smallest absolute Gasteiger partial charge is 0.300 e. The number of aromatic nitrogens is 2. The van der Waals surface area contributed by atoms with Gasteiger partial charge in [-0.2, -0.15) is 0 Å². The number of rotatable bonds is 11. The Labute approximate surface area is 244 Å². The van der Waals surface area contributed by atoms with Crippen molar-refractivity contribution in [2.75, 3.05) is 18.4 Å². The Hall–Kier alpha value is -5.04. The Morgan fingerprint density at radius 2 is 1.79 bits per heavy atom. The molecule has 1 aliphatic heterocycles. The number of nitrogens with zero attached hydrogens (tertiary/aromatic N) is 4. The van der Waals surface area contributed by atoms with Crippen LogP contribution in [0.2, 0.25) is 0 Å². The number of non-ortho nitro benzene ring substituents is 1. The molecule has 1 fully saturated rings. The molecular formula is C29H26N6O6S. The number of anilines is 2. The molecule has 0 atom stereocenters. The maximum absolute atomic E-state index is 13.0. The van der Waals surface area contributed by atoms with Crippen molar-refractivity contribution in [1.82, 2.24) is 20.5 Å². The Bertz CT molecular complexity index is 1700. The molecule has 1 saturated heterocycles. The predicted molar refractivity (Wildman–Crippen MR) is 158 cm³/mol. The SMILES string of the molecule is CCc1ccc(/C=C2\SC(=O)N(CCCCNC(=O)c3ccccc3Nc3ccc([N+](=O)[O-])c4nonc34)C2=O)cc1. The highest BCUT2D eigenvalue weighted by atomic mass is 32.2. The van der Waals surface area contributed by atoms with Crippen molar-refractivity contribution < 1.29 is 23.9 Å². The van der Waals surface area contributed by atoms with E-state index in [1.807, 2.05) is 24.3 Å². The van der Waals surface area contributed by atoms with Gasteiger partial charge >= 0.3 is 5.69 Å². The molecule has 12 nitrogen and oxygen atoms in total. The number of nitro benzene ring substituents is 1. The Morgan fingerprint density at radius 3 is 2.55 bits per heavy atom. The lowest BCUT2D eigenvalue weighted by Gasteiger charge is -2.14. The van der Waals surface area contributed by atoms with E-state index in [4.69, 9.17) is 4.63 Å². The number of fused-ring (bicyclic) bond motifs is 1. The van der Waals surface area contributed by atoms with E-state index < -0.39 is 4.92 Å². The third-order valence-corrected chi connectivity index (χ3v) is 7.59. The van der Waals surface area contributed by atoms with Gasteiger partial charge in [0.05, 0.1) is 26.8 Å². The molecule has 214 valence electrons. The zero-order valence-electron chi connectivity index (χ0n) is 22.5. The van der Waals surface area contributed by atoms with E-state index in [2.05, 4.69) is 27.9 Å². The standard InChI is InChI=1S/C29H26N6O6S/c1-2-18-9-11-19(12-10-18)17-24-28(37)34(29(38)42-24)16-6-5-15-30-27(36)20-7-3-4-8-21(20)31-22-13-14-23(35(39)40)26-25(22)32-41-33-26/h3-4,7-14,17,31H,2,5-6,15-16H2,1H3,(H,30,36)/b24-17-. The number of amides is 3. The molecule has 5 rings (SSSR count). The second kappa shape index (κ2) is 12.6. The number of nitro groups is 1. The quantitative estimate of drug-likeness (QED) is 0.0968. The van der Waals surface area contributed by atoms with Crippen LogP contribution in [0.25, 0.3) is 17.1 Å². The minimum Gasteiger partial charge on any atom is -0.353 e. The van der Waals surface area contributed by atoms with E-state index in [1.54, 1.807) is 30.3 Å². The summed E-state index contributed by atoms with van der Waals surface area (Å²) in [5.41, 5.74) is 3.18. The van der Waals surface area contributed by atoms with Gasteiger partial charge in [0.2, 0.25) is 5.52 Å². The van der Waals surface area contributed by atoms with E-state index in [0.29, 0.717) is 41.2 Å². The van der Waals surface area contributed by atoms with Crippen LogP contribution >= 0.6 is 11.8 Å². The van der Waals surface area contributed by atoms with Gasteiger partial charge in [0.15, 0.2) is 5.52 Å². The minimum absolute atomic E-state index is 0.00598. The monoisotopic (exact) mass is 586 g/mol. The van der Waals surface area contributed by atoms with Crippen molar-refractivity contribution in [3.8, 4) is 0 Å². The Kier molecular flexibility index (Phi) is 8.58. The Morgan fingerprint density at radius 1 is 1.02 bits per heavy atom. The molecule has 13 heteroatoms. The van der Waals surface area contributed by atoms with E-state index in [-0.39, 0.29) is 40.3 Å². The third kappa shape index (κ3) is 6.15. The van der Waals surface area contributed by atoms with Gasteiger partial charge in [-0.25, -0.2) is 4.63 Å². The van der Waals surface area contributed by atoms with Gasteiger partial charge in [-0.15, -0.1) is 0 Å². The molecule has 2 heterocycles. The molecule has 42 heavy (non-hydrogen) atoms. The van der Waals surface area contributed by atoms with Crippen LogP contribution < -0.4 is 10.6 Å². The summed E-state index contributed by atoms with van der Waals surface area (Å²) in [7, 11) is 0. The lowest BCUT2D eigenvalue weighted by molar-refractivity contribution is -0.383. The van der Waals surface area contributed by atoms with Crippen molar-refractivity contribution in [3.63, 3.8) is 0 Å². The van der Waals surface area contributed by atoms with Gasteiger partial charge in [0.1, 0.15) is 0 Å². The molecule has 0 saturated carbocycles. The number of carbonyl (C=O) groups excluding carboxylic acids is 3. The number of para-hydroxylation sites is 1. The third-order valence-electron chi connectivity index (χ3n) is 6.69. The lowest BCUT2D eigenvalue weighted by Crippen LogP contribution is -2.30. The topological polar surface area (TPSA) is 161 Å². The minimum atomic E-state index is -0.575. The van der Waals surface area contributed by atoms with Crippen molar-refractivity contribution in [3.05, 3.63) is 92.4 Å². The molecule has 1 aliphatic rings. The number of thioether (sulfide) groups is 1. The Balaban J connectivity index is 1.15. The average Bonchev–Trinajstić information content (AvgIpc) is 3.58. The van der Waals surface area contributed by atoms with Crippen LogP contribution in [-0.2, 0) is 11.2 Å². The first kappa shape index (κ1) is 28.5. The summed E-state index contributed by atoms with van der Waals surface area (Å²) >= 11 is 0.932. The highest BCUT2D eigenvalue weighted by Gasteiger charge is 2.34. The molecule has 2 N–H and O–H groups in total. The molecule has 0 aliphatic carbocycles. The summed E-state index contributed by atoms with van der Waals surface area (Å²) in [6, 6.07) is 17.4. The predicted octanol–water partition coefficient (Wildman–Crippen LogP) is 5.68. The zero-order chi connectivity index (χ0) is 29.6. The maximum Gasteiger partial charge on any atom is 0.300 e. The molecule has 0 radical (unpaired) electrons. The summed E-state index contributed by atoms with van der Waals surface area (Å²) in [4.78, 5) is 50.5. The van der Waals surface area contributed by atoms with Crippen LogP contribution in [-0.4, -0.2) is 50.3 Å². The fraction of sp³-hybridized carbons (Fsp3) is 0.207. The van der Waals surface area contributed by atoms with Crippen LogP contribution in [0.5, 0.6) is 0 Å². The van der Waals surface area contributed by atoms with Gasteiger partial charge < -0.3 is 10.6 Å². The van der Waals surface area contributed by atoms with Crippen LogP contribution in [0.3, 0.4) is 0 Å². The number of carbonyl (C=O) groups is 3. The van der Waals surface area contributed by atoms with Crippen LogP contribution in [0.1, 0.15) is 41.3 Å². The molecule has 0 unspecified atom stereocenters. The summed E-state index contributed by atoms with van der Waals surface area (Å²) in [5.74, 6) is -0.644. The van der Waals surface area contributed by atoms with E-state index >= 15 is 0 Å². The number of benzene rings is 3. The van der Waals surface area contributed by atoms with Crippen LogP contribution in [0.4, 0.5) is 21.9 Å². The second-order valence-electron chi connectivity index (χ2n) is 9.41.